The third-order valence-corrected chi connectivity index (χ3v) is 11.7. The highest BCUT2D eigenvalue weighted by Gasteiger charge is 2.59. The zero-order valence-electron chi connectivity index (χ0n) is 14.2. The highest BCUT2D eigenvalue weighted by Crippen LogP contribution is 2.58. The fourth-order valence-electron chi connectivity index (χ4n) is 4.03. The van der Waals surface area contributed by atoms with E-state index in [1.54, 1.807) is 0 Å². The molecule has 0 unspecified atom stereocenters. The van der Waals surface area contributed by atoms with Crippen molar-refractivity contribution in [3.8, 4) is 0 Å². The van der Waals surface area contributed by atoms with Gasteiger partial charge in [-0.1, -0.05) is 48.5 Å². The summed E-state index contributed by atoms with van der Waals surface area (Å²) in [6, 6.07) is 0. The Kier molecular flexibility index (Phi) is 4.97. The van der Waals surface area contributed by atoms with Gasteiger partial charge in [-0.05, 0) is 36.4 Å². The number of hydrogen-bond donors (Lipinski definition) is 1. The van der Waals surface area contributed by atoms with Crippen LogP contribution in [-0.2, 0) is 4.43 Å². The Bertz CT molecular complexity index is 288. The molecule has 1 aliphatic carbocycles. The van der Waals surface area contributed by atoms with Crippen molar-refractivity contribution in [1.29, 1.82) is 0 Å². The summed E-state index contributed by atoms with van der Waals surface area (Å²) < 4.78 is 6.55. The maximum absolute atomic E-state index is 10.1. The van der Waals surface area contributed by atoms with Gasteiger partial charge in [0.15, 0.2) is 8.32 Å². The van der Waals surface area contributed by atoms with Gasteiger partial charge in [0.25, 0.3) is 0 Å². The Morgan fingerprint density at radius 2 is 1.37 bits per heavy atom. The SMILES string of the molecule is CC(C)[Si](OCC[C@@]1(C)C[C@@]1(C)O)(C(C)C)C(C)C. The molecule has 0 aromatic rings. The monoisotopic (exact) mass is 286 g/mol. The third-order valence-electron chi connectivity index (χ3n) is 5.62. The van der Waals surface area contributed by atoms with Gasteiger partial charge in [-0.3, -0.25) is 0 Å². The smallest absolute Gasteiger partial charge is 0.200 e. The van der Waals surface area contributed by atoms with E-state index in [4.69, 9.17) is 4.43 Å². The van der Waals surface area contributed by atoms with E-state index < -0.39 is 13.9 Å². The molecule has 0 aromatic heterocycles. The molecule has 0 heterocycles. The second-order valence-corrected chi connectivity index (χ2v) is 13.4. The number of hydrogen-bond acceptors (Lipinski definition) is 2. The van der Waals surface area contributed by atoms with E-state index in [1.165, 1.54) is 0 Å². The van der Waals surface area contributed by atoms with Gasteiger partial charge in [-0.2, -0.15) is 0 Å². The first kappa shape index (κ1) is 17.2. The number of aliphatic hydroxyl groups is 1. The van der Waals surface area contributed by atoms with Crippen LogP contribution in [0, 0.1) is 5.41 Å². The minimum absolute atomic E-state index is 0.0814. The molecule has 114 valence electrons. The molecule has 1 N–H and O–H groups in total. The third kappa shape index (κ3) is 3.08. The second-order valence-electron chi connectivity index (χ2n) is 7.93. The van der Waals surface area contributed by atoms with E-state index in [0.29, 0.717) is 16.6 Å². The lowest BCUT2D eigenvalue weighted by Gasteiger charge is -2.42. The molecule has 0 amide bonds. The molecule has 1 rings (SSSR count). The summed E-state index contributed by atoms with van der Waals surface area (Å²) in [5, 5.41) is 10.1. The minimum Gasteiger partial charge on any atom is -0.416 e. The highest BCUT2D eigenvalue weighted by molar-refractivity contribution is 6.77. The Morgan fingerprint density at radius 1 is 1.00 bits per heavy atom. The minimum atomic E-state index is -1.73. The molecule has 19 heavy (non-hydrogen) atoms. The molecular weight excluding hydrogens is 252 g/mol. The van der Waals surface area contributed by atoms with Crippen LogP contribution < -0.4 is 0 Å². The first-order valence-electron chi connectivity index (χ1n) is 7.86. The van der Waals surface area contributed by atoms with Crippen molar-refractivity contribution < 1.29 is 9.53 Å². The van der Waals surface area contributed by atoms with Crippen LogP contribution in [0.25, 0.3) is 0 Å². The van der Waals surface area contributed by atoms with Gasteiger partial charge in [0.1, 0.15) is 0 Å². The molecule has 0 radical (unpaired) electrons. The van der Waals surface area contributed by atoms with Gasteiger partial charge >= 0.3 is 0 Å². The Balaban J connectivity index is 2.65. The molecule has 0 saturated heterocycles. The fourth-order valence-corrected chi connectivity index (χ4v) is 9.48. The van der Waals surface area contributed by atoms with E-state index in [9.17, 15) is 5.11 Å². The molecule has 0 aromatic carbocycles. The van der Waals surface area contributed by atoms with Gasteiger partial charge in [0, 0.05) is 12.0 Å². The van der Waals surface area contributed by atoms with Crippen molar-refractivity contribution in [3.05, 3.63) is 0 Å². The van der Waals surface area contributed by atoms with Crippen LogP contribution in [0.15, 0.2) is 0 Å². The molecule has 2 nitrogen and oxygen atoms in total. The van der Waals surface area contributed by atoms with E-state index in [2.05, 4.69) is 48.5 Å². The van der Waals surface area contributed by atoms with Gasteiger partial charge < -0.3 is 9.53 Å². The Hall–Kier alpha value is 0.137. The molecule has 3 heteroatoms. The largest absolute Gasteiger partial charge is 0.416 e. The van der Waals surface area contributed by atoms with Crippen molar-refractivity contribution in [2.75, 3.05) is 6.61 Å². The van der Waals surface area contributed by atoms with E-state index in [0.717, 1.165) is 19.4 Å². The highest BCUT2D eigenvalue weighted by atomic mass is 28.4. The van der Waals surface area contributed by atoms with Gasteiger partial charge in [0.2, 0.25) is 0 Å². The zero-order valence-corrected chi connectivity index (χ0v) is 15.2. The summed E-state index contributed by atoms with van der Waals surface area (Å²) >= 11 is 0. The molecule has 1 aliphatic rings. The van der Waals surface area contributed by atoms with Crippen molar-refractivity contribution in [2.24, 2.45) is 5.41 Å². The molecule has 1 saturated carbocycles. The maximum atomic E-state index is 10.1. The summed E-state index contributed by atoms with van der Waals surface area (Å²) in [5.74, 6) is 0. The van der Waals surface area contributed by atoms with Crippen LogP contribution in [0.2, 0.25) is 16.6 Å². The lowest BCUT2D eigenvalue weighted by Crippen LogP contribution is -2.48. The van der Waals surface area contributed by atoms with Crippen molar-refractivity contribution in [3.63, 3.8) is 0 Å². The topological polar surface area (TPSA) is 29.5 Å². The van der Waals surface area contributed by atoms with Crippen LogP contribution in [0.5, 0.6) is 0 Å². The van der Waals surface area contributed by atoms with Gasteiger partial charge in [0.05, 0.1) is 5.60 Å². The fraction of sp³-hybridized carbons (Fsp3) is 1.00. The van der Waals surface area contributed by atoms with Gasteiger partial charge in [-0.25, -0.2) is 0 Å². The first-order chi connectivity index (χ1) is 8.49. The van der Waals surface area contributed by atoms with E-state index in [-0.39, 0.29) is 5.41 Å². The predicted molar refractivity (Wildman–Crippen MR) is 85.0 cm³/mol. The van der Waals surface area contributed by atoms with Crippen LogP contribution in [0.4, 0.5) is 0 Å². The molecule has 0 bridgehead atoms. The average Bonchev–Trinajstić information content (AvgIpc) is 2.71. The van der Waals surface area contributed by atoms with E-state index in [1.807, 2.05) is 6.92 Å². The summed E-state index contributed by atoms with van der Waals surface area (Å²) in [7, 11) is -1.73. The average molecular weight is 287 g/mol. The summed E-state index contributed by atoms with van der Waals surface area (Å²) in [4.78, 5) is 0. The molecular formula is C16H34O2Si. The Morgan fingerprint density at radius 3 is 1.63 bits per heavy atom. The summed E-state index contributed by atoms with van der Waals surface area (Å²) in [6.07, 6.45) is 1.91. The maximum Gasteiger partial charge on any atom is 0.200 e. The summed E-state index contributed by atoms with van der Waals surface area (Å²) in [6.45, 7) is 18.9. The Labute approximate surface area is 121 Å². The zero-order chi connectivity index (χ0) is 15.1. The standard InChI is InChI=1S/C16H34O2Si/c1-12(2)19(13(3)4,14(5)6)18-10-9-15(7)11-16(15,8)17/h12-14,17H,9-11H2,1-8H3/t15-,16+/m0/s1. The summed E-state index contributed by atoms with van der Waals surface area (Å²) in [5.41, 5.74) is 1.53. The van der Waals surface area contributed by atoms with Crippen molar-refractivity contribution in [1.82, 2.24) is 0 Å². The molecule has 0 spiro atoms. The van der Waals surface area contributed by atoms with Crippen LogP contribution in [0.1, 0.15) is 68.2 Å². The molecule has 2 atom stereocenters. The van der Waals surface area contributed by atoms with Crippen LogP contribution in [-0.4, -0.2) is 25.6 Å². The first-order valence-corrected chi connectivity index (χ1v) is 10.00. The molecule has 1 fully saturated rings. The number of rotatable bonds is 7. The van der Waals surface area contributed by atoms with Gasteiger partial charge in [-0.15, -0.1) is 0 Å². The quantitative estimate of drug-likeness (QED) is 0.686. The van der Waals surface area contributed by atoms with Crippen molar-refractivity contribution in [2.45, 2.75) is 90.5 Å². The predicted octanol–water partition coefficient (Wildman–Crippen LogP) is 4.73. The van der Waals surface area contributed by atoms with Crippen molar-refractivity contribution >= 4 is 8.32 Å². The van der Waals surface area contributed by atoms with E-state index >= 15 is 0 Å². The lowest BCUT2D eigenvalue weighted by atomic mass is 10.0. The lowest BCUT2D eigenvalue weighted by molar-refractivity contribution is 0.109. The van der Waals surface area contributed by atoms with Crippen LogP contribution >= 0.6 is 0 Å². The normalized spacial score (nSPS) is 31.6. The second kappa shape index (κ2) is 5.49. The van der Waals surface area contributed by atoms with Crippen LogP contribution in [0.3, 0.4) is 0 Å². The molecule has 0 aliphatic heterocycles.